The second kappa shape index (κ2) is 8.65. The molecular formula is C21H24N4O3. The van der Waals surface area contributed by atoms with Gasteiger partial charge in [-0.2, -0.15) is 0 Å². The largest absolute Gasteiger partial charge is 0.344 e. The van der Waals surface area contributed by atoms with Gasteiger partial charge in [0.05, 0.1) is 0 Å². The van der Waals surface area contributed by atoms with E-state index in [-0.39, 0.29) is 18.4 Å². The molecule has 2 aromatic rings. The Morgan fingerprint density at radius 3 is 2.71 bits per heavy atom. The Morgan fingerprint density at radius 2 is 2.00 bits per heavy atom. The topological polar surface area (TPSA) is 91.4 Å². The third-order valence-corrected chi connectivity index (χ3v) is 4.60. The van der Waals surface area contributed by atoms with Crippen molar-refractivity contribution in [3.63, 3.8) is 0 Å². The number of anilines is 2. The van der Waals surface area contributed by atoms with Gasteiger partial charge in [0, 0.05) is 42.8 Å². The summed E-state index contributed by atoms with van der Waals surface area (Å²) in [5.41, 5.74) is 3.23. The van der Waals surface area contributed by atoms with Crippen molar-refractivity contribution in [3.8, 4) is 0 Å². The summed E-state index contributed by atoms with van der Waals surface area (Å²) in [5.74, 6) is -1.42. The third-order valence-electron chi connectivity index (χ3n) is 4.60. The molecule has 1 aromatic carbocycles. The molecule has 0 atom stereocenters. The van der Waals surface area contributed by atoms with Gasteiger partial charge in [-0.15, -0.1) is 0 Å². The van der Waals surface area contributed by atoms with Gasteiger partial charge in [-0.25, -0.2) is 0 Å². The standard InChI is InChI=1S/C21H24N4O3/c1-14(2)21(28)25-10-4-6-16-11-17(7-8-18(16)25)24-20(27)19(26)23-13-15-5-3-9-22-12-15/h3,5,7-9,11-12,14H,4,6,10,13H2,1-2H3,(H,23,26)(H,24,27). The van der Waals surface area contributed by atoms with Gasteiger partial charge in [0.1, 0.15) is 0 Å². The summed E-state index contributed by atoms with van der Waals surface area (Å²) >= 11 is 0. The molecule has 0 bridgehead atoms. The van der Waals surface area contributed by atoms with Gasteiger partial charge in [-0.3, -0.25) is 19.4 Å². The lowest BCUT2D eigenvalue weighted by atomic mass is 9.99. The van der Waals surface area contributed by atoms with E-state index in [4.69, 9.17) is 0 Å². The Balaban J connectivity index is 1.64. The average Bonchev–Trinajstić information content (AvgIpc) is 2.71. The number of amides is 3. The highest BCUT2D eigenvalue weighted by molar-refractivity contribution is 6.39. The number of rotatable bonds is 4. The van der Waals surface area contributed by atoms with E-state index in [0.717, 1.165) is 29.7 Å². The van der Waals surface area contributed by atoms with Gasteiger partial charge >= 0.3 is 11.8 Å². The zero-order valence-corrected chi connectivity index (χ0v) is 16.1. The van der Waals surface area contributed by atoms with Crippen molar-refractivity contribution < 1.29 is 14.4 Å². The molecule has 0 saturated heterocycles. The molecule has 28 heavy (non-hydrogen) atoms. The van der Waals surface area contributed by atoms with Crippen molar-refractivity contribution >= 4 is 29.1 Å². The molecule has 3 rings (SSSR count). The number of fused-ring (bicyclic) bond motifs is 1. The quantitative estimate of drug-likeness (QED) is 0.796. The van der Waals surface area contributed by atoms with Crippen molar-refractivity contribution in [2.24, 2.45) is 5.92 Å². The van der Waals surface area contributed by atoms with E-state index in [1.165, 1.54) is 0 Å². The minimum absolute atomic E-state index is 0.0751. The molecule has 1 aromatic heterocycles. The molecule has 7 heteroatoms. The second-order valence-electron chi connectivity index (χ2n) is 7.09. The van der Waals surface area contributed by atoms with E-state index in [9.17, 15) is 14.4 Å². The molecule has 1 aliphatic rings. The normalized spacial score (nSPS) is 13.0. The molecule has 7 nitrogen and oxygen atoms in total. The number of nitrogens with one attached hydrogen (secondary N) is 2. The molecule has 0 radical (unpaired) electrons. The molecule has 0 aliphatic carbocycles. The number of pyridine rings is 1. The van der Waals surface area contributed by atoms with Crippen LogP contribution in [0.5, 0.6) is 0 Å². The summed E-state index contributed by atoms with van der Waals surface area (Å²) in [6, 6.07) is 8.97. The number of aryl methyl sites for hydroxylation is 1. The number of nitrogens with zero attached hydrogens (tertiary/aromatic N) is 2. The zero-order chi connectivity index (χ0) is 20.1. The number of aromatic nitrogens is 1. The Morgan fingerprint density at radius 1 is 1.18 bits per heavy atom. The molecule has 0 spiro atoms. The molecule has 2 N–H and O–H groups in total. The van der Waals surface area contributed by atoms with Crippen molar-refractivity contribution in [1.82, 2.24) is 10.3 Å². The summed E-state index contributed by atoms with van der Waals surface area (Å²) < 4.78 is 0. The maximum absolute atomic E-state index is 12.4. The van der Waals surface area contributed by atoms with E-state index in [2.05, 4.69) is 15.6 Å². The van der Waals surface area contributed by atoms with Crippen LogP contribution in [-0.4, -0.2) is 29.3 Å². The summed E-state index contributed by atoms with van der Waals surface area (Å²) in [5, 5.41) is 5.20. The van der Waals surface area contributed by atoms with Gasteiger partial charge in [0.2, 0.25) is 5.91 Å². The SMILES string of the molecule is CC(C)C(=O)N1CCCc2cc(NC(=O)C(=O)NCc3cccnc3)ccc21. The van der Waals surface area contributed by atoms with Crippen molar-refractivity contribution in [2.45, 2.75) is 33.2 Å². The fourth-order valence-corrected chi connectivity index (χ4v) is 3.17. The van der Waals surface area contributed by atoms with Crippen molar-refractivity contribution in [1.29, 1.82) is 0 Å². The fraction of sp³-hybridized carbons (Fsp3) is 0.333. The van der Waals surface area contributed by atoms with Crippen molar-refractivity contribution in [2.75, 3.05) is 16.8 Å². The molecule has 2 heterocycles. The molecule has 1 aliphatic heterocycles. The van der Waals surface area contributed by atoms with Crippen molar-refractivity contribution in [3.05, 3.63) is 53.9 Å². The molecule has 0 saturated carbocycles. The van der Waals surface area contributed by atoms with E-state index in [1.807, 2.05) is 32.0 Å². The maximum atomic E-state index is 12.4. The minimum atomic E-state index is -0.727. The number of carbonyl (C=O) groups excluding carboxylic acids is 3. The van der Waals surface area contributed by atoms with Gasteiger partial charge in [-0.1, -0.05) is 19.9 Å². The van der Waals surface area contributed by atoms with E-state index in [0.29, 0.717) is 12.2 Å². The number of hydrogen-bond acceptors (Lipinski definition) is 4. The highest BCUT2D eigenvalue weighted by Crippen LogP contribution is 2.30. The number of hydrogen-bond donors (Lipinski definition) is 2. The predicted octanol–water partition coefficient (Wildman–Crippen LogP) is 2.27. The first-order chi connectivity index (χ1) is 13.5. The van der Waals surface area contributed by atoms with Crippen LogP contribution in [0.15, 0.2) is 42.7 Å². The molecule has 146 valence electrons. The number of carbonyl (C=O) groups is 3. The molecular weight excluding hydrogens is 356 g/mol. The molecule has 3 amide bonds. The van der Waals surface area contributed by atoms with Crippen LogP contribution in [0.3, 0.4) is 0 Å². The van der Waals surface area contributed by atoms with Crippen LogP contribution in [0, 0.1) is 5.92 Å². The van der Waals surface area contributed by atoms with E-state index in [1.54, 1.807) is 29.4 Å². The maximum Gasteiger partial charge on any atom is 0.313 e. The van der Waals surface area contributed by atoms with Crippen LogP contribution in [0.25, 0.3) is 0 Å². The highest BCUT2D eigenvalue weighted by atomic mass is 16.2. The van der Waals surface area contributed by atoms with Crippen LogP contribution in [-0.2, 0) is 27.3 Å². The lowest BCUT2D eigenvalue weighted by molar-refractivity contribution is -0.136. The van der Waals surface area contributed by atoms with Gasteiger partial charge in [0.15, 0.2) is 0 Å². The monoisotopic (exact) mass is 380 g/mol. The van der Waals surface area contributed by atoms with Crippen LogP contribution in [0.4, 0.5) is 11.4 Å². The van der Waals surface area contributed by atoms with E-state index >= 15 is 0 Å². The predicted molar refractivity (Wildman–Crippen MR) is 107 cm³/mol. The third kappa shape index (κ3) is 4.54. The van der Waals surface area contributed by atoms with Crippen LogP contribution >= 0.6 is 0 Å². The Bertz CT molecular complexity index is 880. The highest BCUT2D eigenvalue weighted by Gasteiger charge is 2.24. The van der Waals surface area contributed by atoms with Crippen LogP contribution in [0.2, 0.25) is 0 Å². The fourth-order valence-electron chi connectivity index (χ4n) is 3.17. The average molecular weight is 380 g/mol. The minimum Gasteiger partial charge on any atom is -0.344 e. The lowest BCUT2D eigenvalue weighted by Gasteiger charge is -2.31. The summed E-state index contributed by atoms with van der Waals surface area (Å²) in [7, 11) is 0. The Kier molecular flexibility index (Phi) is 6.03. The first kappa shape index (κ1) is 19.5. The first-order valence-corrected chi connectivity index (χ1v) is 9.38. The smallest absolute Gasteiger partial charge is 0.313 e. The lowest BCUT2D eigenvalue weighted by Crippen LogP contribution is -2.38. The summed E-state index contributed by atoms with van der Waals surface area (Å²) in [6.45, 7) is 4.70. The summed E-state index contributed by atoms with van der Waals surface area (Å²) in [4.78, 5) is 42.4. The molecule has 0 unspecified atom stereocenters. The van der Waals surface area contributed by atoms with Gasteiger partial charge in [0.25, 0.3) is 0 Å². The first-order valence-electron chi connectivity index (χ1n) is 9.38. The Hall–Kier alpha value is -3.22. The van der Waals surface area contributed by atoms with Crippen LogP contribution < -0.4 is 15.5 Å². The Labute approximate surface area is 164 Å². The van der Waals surface area contributed by atoms with Gasteiger partial charge in [-0.05, 0) is 48.2 Å². The van der Waals surface area contributed by atoms with Gasteiger partial charge < -0.3 is 15.5 Å². The zero-order valence-electron chi connectivity index (χ0n) is 16.1. The second-order valence-corrected chi connectivity index (χ2v) is 7.09. The number of benzene rings is 1. The molecule has 0 fully saturated rings. The van der Waals surface area contributed by atoms with Crippen LogP contribution in [0.1, 0.15) is 31.4 Å². The van der Waals surface area contributed by atoms with E-state index < -0.39 is 11.8 Å². The summed E-state index contributed by atoms with van der Waals surface area (Å²) in [6.07, 6.45) is 4.97.